The van der Waals surface area contributed by atoms with E-state index in [4.69, 9.17) is 15.1 Å². The average Bonchev–Trinajstić information content (AvgIpc) is 3.25. The predicted molar refractivity (Wildman–Crippen MR) is 98.1 cm³/mol. The molecular formula is C19H15N7. The molecule has 5 rings (SSSR count). The number of para-hydroxylation sites is 1. The summed E-state index contributed by atoms with van der Waals surface area (Å²) in [7, 11) is 0. The molecule has 0 atom stereocenters. The summed E-state index contributed by atoms with van der Waals surface area (Å²) in [6.07, 6.45) is 3.47. The van der Waals surface area contributed by atoms with Crippen LogP contribution in [-0.4, -0.2) is 34.3 Å². The molecule has 0 aliphatic heterocycles. The first-order chi connectivity index (χ1) is 12.7. The molecule has 5 aromatic rings. The lowest BCUT2D eigenvalue weighted by Crippen LogP contribution is -2.10. The molecule has 0 saturated carbocycles. The van der Waals surface area contributed by atoms with Crippen LogP contribution in [0.5, 0.6) is 0 Å². The first-order valence-corrected chi connectivity index (χ1v) is 8.30. The lowest BCUT2D eigenvalue weighted by molar-refractivity contribution is 0.735. The largest absolute Gasteiger partial charge is 0.265 e. The summed E-state index contributed by atoms with van der Waals surface area (Å²) < 4.78 is 3.57. The predicted octanol–water partition coefficient (Wildman–Crippen LogP) is 3.14. The second kappa shape index (κ2) is 5.45. The summed E-state index contributed by atoms with van der Waals surface area (Å²) in [6, 6.07) is 13.7. The van der Waals surface area contributed by atoms with Gasteiger partial charge < -0.3 is 0 Å². The smallest absolute Gasteiger partial charge is 0.254 e. The highest BCUT2D eigenvalue weighted by Gasteiger charge is 2.17. The maximum absolute atomic E-state index is 4.80. The molecule has 0 saturated heterocycles. The number of fused-ring (bicyclic) bond motifs is 3. The molecule has 7 nitrogen and oxygen atoms in total. The van der Waals surface area contributed by atoms with Crippen molar-refractivity contribution in [1.82, 2.24) is 34.3 Å². The van der Waals surface area contributed by atoms with E-state index in [0.717, 1.165) is 33.5 Å². The van der Waals surface area contributed by atoms with Gasteiger partial charge in [0.1, 0.15) is 0 Å². The average molecular weight is 341 g/mol. The Morgan fingerprint density at radius 3 is 2.46 bits per heavy atom. The van der Waals surface area contributed by atoms with Crippen molar-refractivity contribution in [2.75, 3.05) is 0 Å². The summed E-state index contributed by atoms with van der Waals surface area (Å²) in [6.45, 7) is 3.97. The number of aryl methyl sites for hydroxylation is 2. The Hall–Kier alpha value is -3.61. The van der Waals surface area contributed by atoms with Gasteiger partial charge in [-0.05, 0) is 44.2 Å². The van der Waals surface area contributed by atoms with E-state index >= 15 is 0 Å². The Morgan fingerprint density at radius 2 is 1.69 bits per heavy atom. The van der Waals surface area contributed by atoms with Crippen molar-refractivity contribution in [3.05, 3.63) is 66.2 Å². The monoisotopic (exact) mass is 341 g/mol. The van der Waals surface area contributed by atoms with Crippen LogP contribution < -0.4 is 0 Å². The molecule has 0 amide bonds. The van der Waals surface area contributed by atoms with E-state index in [0.29, 0.717) is 11.8 Å². The minimum Gasteiger partial charge on any atom is -0.265 e. The van der Waals surface area contributed by atoms with Crippen LogP contribution in [0.3, 0.4) is 0 Å². The Kier molecular flexibility index (Phi) is 3.08. The van der Waals surface area contributed by atoms with E-state index in [-0.39, 0.29) is 0 Å². The van der Waals surface area contributed by atoms with Crippen LogP contribution in [0.15, 0.2) is 54.9 Å². The summed E-state index contributed by atoms with van der Waals surface area (Å²) in [5, 5.41) is 10.2. The van der Waals surface area contributed by atoms with E-state index in [1.807, 2.05) is 56.3 Å². The Bertz CT molecular complexity index is 1250. The van der Waals surface area contributed by atoms with Gasteiger partial charge in [0.2, 0.25) is 0 Å². The quantitative estimate of drug-likeness (QED) is 0.493. The lowest BCUT2D eigenvalue weighted by atomic mass is 10.2. The number of hydrogen-bond acceptors (Lipinski definition) is 5. The van der Waals surface area contributed by atoms with Gasteiger partial charge in [-0.1, -0.05) is 12.1 Å². The summed E-state index contributed by atoms with van der Waals surface area (Å²) in [5.41, 5.74) is 4.45. The van der Waals surface area contributed by atoms with E-state index in [1.165, 1.54) is 0 Å². The van der Waals surface area contributed by atoms with Crippen LogP contribution in [0.25, 0.3) is 33.9 Å². The third-order valence-electron chi connectivity index (χ3n) is 4.30. The van der Waals surface area contributed by atoms with E-state index < -0.39 is 0 Å². The normalized spacial score (nSPS) is 11.5. The number of rotatable bonds is 2. The Labute approximate surface area is 149 Å². The van der Waals surface area contributed by atoms with Gasteiger partial charge in [0.25, 0.3) is 5.95 Å². The molecule has 4 aromatic heterocycles. The first kappa shape index (κ1) is 14.7. The first-order valence-electron chi connectivity index (χ1n) is 8.30. The van der Waals surface area contributed by atoms with Crippen molar-refractivity contribution in [3.63, 3.8) is 0 Å². The molecule has 26 heavy (non-hydrogen) atoms. The highest BCUT2D eigenvalue weighted by Crippen LogP contribution is 2.24. The van der Waals surface area contributed by atoms with Crippen molar-refractivity contribution in [1.29, 1.82) is 0 Å². The van der Waals surface area contributed by atoms with Gasteiger partial charge in [-0.15, -0.1) is 5.10 Å². The van der Waals surface area contributed by atoms with Gasteiger partial charge >= 0.3 is 0 Å². The minimum absolute atomic E-state index is 0.622. The topological polar surface area (TPSA) is 73.8 Å². The molecule has 0 aliphatic rings. The second-order valence-electron chi connectivity index (χ2n) is 6.17. The minimum atomic E-state index is 0.622. The van der Waals surface area contributed by atoms with Crippen molar-refractivity contribution in [2.24, 2.45) is 0 Å². The van der Waals surface area contributed by atoms with Crippen LogP contribution in [0, 0.1) is 13.8 Å². The lowest BCUT2D eigenvalue weighted by Gasteiger charge is -2.07. The molecule has 0 N–H and O–H groups in total. The fraction of sp³-hybridized carbons (Fsp3) is 0.105. The second-order valence-corrected chi connectivity index (χ2v) is 6.17. The third-order valence-corrected chi connectivity index (χ3v) is 4.30. The molecule has 126 valence electrons. The fourth-order valence-electron chi connectivity index (χ4n) is 3.13. The maximum atomic E-state index is 4.80. The summed E-state index contributed by atoms with van der Waals surface area (Å²) >= 11 is 0. The Balaban J connectivity index is 1.89. The zero-order valence-electron chi connectivity index (χ0n) is 14.3. The van der Waals surface area contributed by atoms with E-state index in [2.05, 4.69) is 10.1 Å². The highest BCUT2D eigenvalue weighted by molar-refractivity contribution is 5.92. The van der Waals surface area contributed by atoms with Gasteiger partial charge in [0.05, 0.1) is 11.2 Å². The SMILES string of the molecule is Cc1cc(C)n(-c2nc3ccccc3c3nc(-c4ccncc4)nn23)n1. The number of nitrogens with zero attached hydrogens (tertiary/aromatic N) is 7. The van der Waals surface area contributed by atoms with Crippen LogP contribution in [0.1, 0.15) is 11.4 Å². The standard InChI is InChI=1S/C19H15N7/c1-12-11-13(2)25(23-12)19-21-16-6-4-3-5-15(16)18-22-17(24-26(18)19)14-7-9-20-10-8-14/h3-11H,1-2H3. The molecule has 4 heterocycles. The van der Waals surface area contributed by atoms with Crippen molar-refractivity contribution in [3.8, 4) is 17.3 Å². The Morgan fingerprint density at radius 1 is 0.885 bits per heavy atom. The van der Waals surface area contributed by atoms with Crippen LogP contribution >= 0.6 is 0 Å². The zero-order chi connectivity index (χ0) is 17.7. The van der Waals surface area contributed by atoms with Gasteiger partial charge in [-0.2, -0.15) is 9.61 Å². The van der Waals surface area contributed by atoms with Crippen molar-refractivity contribution >= 4 is 16.6 Å². The zero-order valence-corrected chi connectivity index (χ0v) is 14.3. The molecule has 7 heteroatoms. The number of benzene rings is 1. The highest BCUT2D eigenvalue weighted by atomic mass is 15.4. The molecule has 0 unspecified atom stereocenters. The summed E-state index contributed by atoms with van der Waals surface area (Å²) in [5.74, 6) is 1.26. The van der Waals surface area contributed by atoms with Crippen molar-refractivity contribution in [2.45, 2.75) is 13.8 Å². The van der Waals surface area contributed by atoms with Crippen LogP contribution in [-0.2, 0) is 0 Å². The van der Waals surface area contributed by atoms with Gasteiger partial charge in [-0.25, -0.2) is 14.6 Å². The summed E-state index contributed by atoms with van der Waals surface area (Å²) in [4.78, 5) is 13.6. The molecule has 1 aromatic carbocycles. The van der Waals surface area contributed by atoms with Crippen LogP contribution in [0.2, 0.25) is 0 Å². The molecule has 0 radical (unpaired) electrons. The molecule has 0 spiro atoms. The van der Waals surface area contributed by atoms with Crippen molar-refractivity contribution < 1.29 is 0 Å². The molecular weight excluding hydrogens is 326 g/mol. The van der Waals surface area contributed by atoms with E-state index in [9.17, 15) is 0 Å². The number of hydrogen-bond donors (Lipinski definition) is 0. The van der Waals surface area contributed by atoms with Gasteiger partial charge in [-0.3, -0.25) is 4.98 Å². The van der Waals surface area contributed by atoms with Crippen LogP contribution in [0.4, 0.5) is 0 Å². The van der Waals surface area contributed by atoms with E-state index in [1.54, 1.807) is 21.6 Å². The molecule has 0 fully saturated rings. The molecule has 0 aliphatic carbocycles. The van der Waals surface area contributed by atoms with Gasteiger partial charge in [0, 0.05) is 29.0 Å². The third kappa shape index (κ3) is 2.17. The number of aromatic nitrogens is 7. The number of pyridine rings is 1. The maximum Gasteiger partial charge on any atom is 0.254 e. The fourth-order valence-corrected chi connectivity index (χ4v) is 3.13. The molecule has 0 bridgehead atoms. The van der Waals surface area contributed by atoms with Gasteiger partial charge in [0.15, 0.2) is 11.5 Å².